The average Bonchev–Trinajstić information content (AvgIpc) is 2.96. The molecule has 0 radical (unpaired) electrons. The molecule has 0 aliphatic heterocycles. The molecule has 0 aromatic carbocycles. The van der Waals surface area contributed by atoms with Crippen LogP contribution in [0.15, 0.2) is 15.9 Å². The number of nitrogens with one attached hydrogen (secondary N) is 1. The van der Waals surface area contributed by atoms with Crippen LogP contribution in [0.25, 0.3) is 0 Å². The van der Waals surface area contributed by atoms with Gasteiger partial charge >= 0.3 is 0 Å². The number of hydrogen-bond donors (Lipinski definition) is 1. The summed E-state index contributed by atoms with van der Waals surface area (Å²) in [6.07, 6.45) is 1.10. The second kappa shape index (κ2) is 7.33. The zero-order valence-corrected chi connectivity index (χ0v) is 14.2. The molecule has 0 atom stereocenters. The van der Waals surface area contributed by atoms with Gasteiger partial charge in [-0.3, -0.25) is 4.90 Å². The molecule has 4 nitrogen and oxygen atoms in total. The minimum absolute atomic E-state index is 0.834. The summed E-state index contributed by atoms with van der Waals surface area (Å²) in [5, 5.41) is 15.7. The van der Waals surface area contributed by atoms with Crippen molar-refractivity contribution in [2.75, 3.05) is 18.9 Å². The summed E-state index contributed by atoms with van der Waals surface area (Å²) in [6.45, 7) is 4.87. The molecule has 2 aromatic heterocycles. The SMILES string of the molecule is CCCNc1nnc(CN(C)Cc2cc(Br)cs2)s1. The number of hydrogen-bond acceptors (Lipinski definition) is 6. The Morgan fingerprint density at radius 3 is 2.89 bits per heavy atom. The van der Waals surface area contributed by atoms with E-state index in [1.54, 1.807) is 22.7 Å². The van der Waals surface area contributed by atoms with Gasteiger partial charge in [-0.05, 0) is 35.5 Å². The zero-order chi connectivity index (χ0) is 13.7. The first-order valence-electron chi connectivity index (χ1n) is 6.15. The van der Waals surface area contributed by atoms with Crippen molar-refractivity contribution in [3.63, 3.8) is 0 Å². The first-order chi connectivity index (χ1) is 9.17. The predicted molar refractivity (Wildman–Crippen MR) is 85.9 cm³/mol. The lowest BCUT2D eigenvalue weighted by atomic mass is 10.4. The molecule has 0 aliphatic rings. The molecule has 19 heavy (non-hydrogen) atoms. The molecule has 0 aliphatic carbocycles. The van der Waals surface area contributed by atoms with Crippen LogP contribution in [0.4, 0.5) is 5.13 Å². The molecule has 7 heteroatoms. The molecule has 0 saturated carbocycles. The van der Waals surface area contributed by atoms with E-state index in [1.165, 1.54) is 4.88 Å². The van der Waals surface area contributed by atoms with Crippen molar-refractivity contribution in [1.82, 2.24) is 15.1 Å². The Hall–Kier alpha value is -0.500. The third-order valence-electron chi connectivity index (χ3n) is 2.45. The predicted octanol–water partition coefficient (Wildman–Crippen LogP) is 3.82. The minimum atomic E-state index is 0.834. The van der Waals surface area contributed by atoms with Crippen molar-refractivity contribution in [1.29, 1.82) is 0 Å². The van der Waals surface area contributed by atoms with E-state index in [0.717, 1.165) is 40.7 Å². The number of aromatic nitrogens is 2. The van der Waals surface area contributed by atoms with Crippen LogP contribution in [-0.2, 0) is 13.1 Å². The molecule has 0 fully saturated rings. The van der Waals surface area contributed by atoms with Gasteiger partial charge in [-0.1, -0.05) is 18.3 Å². The molecule has 2 aromatic rings. The maximum Gasteiger partial charge on any atom is 0.205 e. The second-order valence-corrected chi connectivity index (χ2v) is 7.30. The number of rotatable bonds is 7. The largest absolute Gasteiger partial charge is 0.360 e. The van der Waals surface area contributed by atoms with Crippen LogP contribution in [0.3, 0.4) is 0 Å². The van der Waals surface area contributed by atoms with Gasteiger partial charge in [0.2, 0.25) is 5.13 Å². The van der Waals surface area contributed by atoms with Gasteiger partial charge in [0, 0.05) is 27.8 Å². The molecule has 0 saturated heterocycles. The van der Waals surface area contributed by atoms with Crippen LogP contribution in [0, 0.1) is 0 Å². The standard InChI is InChI=1S/C12H17BrN4S2/c1-3-4-14-12-16-15-11(19-12)7-17(2)6-10-5-9(13)8-18-10/h5,8H,3-4,6-7H2,1-2H3,(H,14,16). The van der Waals surface area contributed by atoms with E-state index in [4.69, 9.17) is 0 Å². The number of halogens is 1. The molecule has 0 bridgehead atoms. The summed E-state index contributed by atoms with van der Waals surface area (Å²) >= 11 is 6.89. The second-order valence-electron chi connectivity index (χ2n) is 4.33. The molecular weight excluding hydrogens is 344 g/mol. The Morgan fingerprint density at radius 1 is 1.37 bits per heavy atom. The van der Waals surface area contributed by atoms with E-state index < -0.39 is 0 Å². The summed E-state index contributed by atoms with van der Waals surface area (Å²) in [7, 11) is 2.11. The summed E-state index contributed by atoms with van der Waals surface area (Å²) in [5.74, 6) is 0. The van der Waals surface area contributed by atoms with Crippen LogP contribution in [-0.4, -0.2) is 28.7 Å². The van der Waals surface area contributed by atoms with E-state index in [-0.39, 0.29) is 0 Å². The molecule has 0 spiro atoms. The molecule has 2 heterocycles. The van der Waals surface area contributed by atoms with E-state index >= 15 is 0 Å². The van der Waals surface area contributed by atoms with E-state index in [9.17, 15) is 0 Å². The van der Waals surface area contributed by atoms with E-state index in [0.29, 0.717) is 0 Å². The highest BCUT2D eigenvalue weighted by Crippen LogP contribution is 2.22. The summed E-state index contributed by atoms with van der Waals surface area (Å²) in [5.41, 5.74) is 0. The van der Waals surface area contributed by atoms with Crippen molar-refractivity contribution in [3.8, 4) is 0 Å². The van der Waals surface area contributed by atoms with Crippen molar-refractivity contribution < 1.29 is 0 Å². The smallest absolute Gasteiger partial charge is 0.205 e. The van der Waals surface area contributed by atoms with Crippen LogP contribution < -0.4 is 5.32 Å². The lowest BCUT2D eigenvalue weighted by Gasteiger charge is -2.12. The Kier molecular flexibility index (Phi) is 5.75. The van der Waals surface area contributed by atoms with Crippen LogP contribution in [0.1, 0.15) is 23.2 Å². The van der Waals surface area contributed by atoms with E-state index in [1.807, 2.05) is 0 Å². The Labute approximate surface area is 130 Å². The molecule has 0 amide bonds. The lowest BCUT2D eigenvalue weighted by molar-refractivity contribution is 0.320. The number of anilines is 1. The van der Waals surface area contributed by atoms with Crippen molar-refractivity contribution in [3.05, 3.63) is 25.8 Å². The highest BCUT2D eigenvalue weighted by atomic mass is 79.9. The maximum atomic E-state index is 4.21. The first kappa shape index (κ1) is 14.9. The third-order valence-corrected chi connectivity index (χ3v) is 4.99. The minimum Gasteiger partial charge on any atom is -0.360 e. The first-order valence-corrected chi connectivity index (χ1v) is 8.64. The fourth-order valence-corrected chi connectivity index (χ4v) is 3.99. The Morgan fingerprint density at radius 2 is 2.21 bits per heavy atom. The van der Waals surface area contributed by atoms with Crippen LogP contribution >= 0.6 is 38.6 Å². The third kappa shape index (κ3) is 4.83. The molecule has 0 unspecified atom stereocenters. The summed E-state index contributed by atoms with van der Waals surface area (Å²) < 4.78 is 1.16. The van der Waals surface area contributed by atoms with Gasteiger partial charge in [-0.25, -0.2) is 0 Å². The van der Waals surface area contributed by atoms with Crippen molar-refractivity contribution >= 4 is 43.7 Å². The van der Waals surface area contributed by atoms with Gasteiger partial charge in [-0.2, -0.15) is 0 Å². The topological polar surface area (TPSA) is 41.1 Å². The summed E-state index contributed by atoms with van der Waals surface area (Å²) in [6, 6.07) is 2.16. The van der Waals surface area contributed by atoms with Gasteiger partial charge in [0.05, 0.1) is 6.54 Å². The molecule has 1 N–H and O–H groups in total. The lowest BCUT2D eigenvalue weighted by Crippen LogP contribution is -2.16. The quantitative estimate of drug-likeness (QED) is 0.814. The molecule has 104 valence electrons. The normalized spacial score (nSPS) is 11.2. The molecule has 2 rings (SSSR count). The fourth-order valence-electron chi connectivity index (χ4n) is 1.61. The number of thiophene rings is 1. The monoisotopic (exact) mass is 360 g/mol. The zero-order valence-electron chi connectivity index (χ0n) is 11.0. The van der Waals surface area contributed by atoms with Gasteiger partial charge in [-0.15, -0.1) is 21.5 Å². The highest BCUT2D eigenvalue weighted by Gasteiger charge is 2.08. The van der Waals surface area contributed by atoms with E-state index in [2.05, 4.69) is 61.8 Å². The van der Waals surface area contributed by atoms with Crippen molar-refractivity contribution in [2.24, 2.45) is 0 Å². The van der Waals surface area contributed by atoms with Gasteiger partial charge in [0.15, 0.2) is 0 Å². The average molecular weight is 361 g/mol. The highest BCUT2D eigenvalue weighted by molar-refractivity contribution is 9.10. The van der Waals surface area contributed by atoms with Crippen LogP contribution in [0.2, 0.25) is 0 Å². The Balaban J connectivity index is 1.84. The maximum absolute atomic E-state index is 4.21. The van der Waals surface area contributed by atoms with Crippen LogP contribution in [0.5, 0.6) is 0 Å². The Bertz CT molecular complexity index is 511. The van der Waals surface area contributed by atoms with Gasteiger partial charge in [0.25, 0.3) is 0 Å². The van der Waals surface area contributed by atoms with Gasteiger partial charge < -0.3 is 5.32 Å². The summed E-state index contributed by atoms with van der Waals surface area (Å²) in [4.78, 5) is 3.60. The number of nitrogens with zero attached hydrogens (tertiary/aromatic N) is 3. The molecular formula is C12H17BrN4S2. The van der Waals surface area contributed by atoms with Gasteiger partial charge in [0.1, 0.15) is 5.01 Å². The van der Waals surface area contributed by atoms with Crippen molar-refractivity contribution in [2.45, 2.75) is 26.4 Å². The fraction of sp³-hybridized carbons (Fsp3) is 0.500.